The maximum absolute atomic E-state index is 5.43. The highest BCUT2D eigenvalue weighted by Gasteiger charge is 2.21. The van der Waals surface area contributed by atoms with Crippen LogP contribution in [-0.4, -0.2) is 23.2 Å². The van der Waals surface area contributed by atoms with Crippen molar-refractivity contribution in [2.75, 3.05) is 13.1 Å². The number of nitrogens with zero attached hydrogens (tertiary/aromatic N) is 2. The molecule has 1 fully saturated rings. The number of aryl methyl sites for hydroxylation is 1. The standard InChI is InChI=1S/C15H19N3O/c1-2-11-3-5-12(6-4-11)14-17-15(19-18-14)13-7-9-16-10-8-13/h3-6,13,16H,2,7-10H2,1H3. The van der Waals surface area contributed by atoms with E-state index in [1.54, 1.807) is 0 Å². The Labute approximate surface area is 113 Å². The molecule has 0 radical (unpaired) electrons. The number of nitrogens with one attached hydrogen (secondary N) is 1. The van der Waals surface area contributed by atoms with Crippen LogP contribution in [0.5, 0.6) is 0 Å². The maximum Gasteiger partial charge on any atom is 0.230 e. The summed E-state index contributed by atoms with van der Waals surface area (Å²) in [5.74, 6) is 1.91. The summed E-state index contributed by atoms with van der Waals surface area (Å²) in [6.45, 7) is 4.22. The number of benzene rings is 1. The highest BCUT2D eigenvalue weighted by molar-refractivity contribution is 5.54. The fourth-order valence-corrected chi connectivity index (χ4v) is 2.48. The Hall–Kier alpha value is -1.68. The average molecular weight is 257 g/mol. The fourth-order valence-electron chi connectivity index (χ4n) is 2.48. The molecular formula is C15H19N3O. The smallest absolute Gasteiger partial charge is 0.230 e. The highest BCUT2D eigenvalue weighted by Crippen LogP contribution is 2.26. The van der Waals surface area contributed by atoms with Crippen LogP contribution in [0.25, 0.3) is 11.4 Å². The van der Waals surface area contributed by atoms with E-state index in [4.69, 9.17) is 4.52 Å². The van der Waals surface area contributed by atoms with Gasteiger partial charge in [-0.25, -0.2) is 0 Å². The Kier molecular flexibility index (Phi) is 3.60. The van der Waals surface area contributed by atoms with Crippen molar-refractivity contribution in [2.24, 2.45) is 0 Å². The number of hydrogen-bond donors (Lipinski definition) is 1. The topological polar surface area (TPSA) is 51.0 Å². The van der Waals surface area contributed by atoms with Gasteiger partial charge in [0.2, 0.25) is 11.7 Å². The van der Waals surface area contributed by atoms with E-state index in [0.29, 0.717) is 11.7 Å². The molecule has 1 aliphatic rings. The van der Waals surface area contributed by atoms with Gasteiger partial charge in [0.1, 0.15) is 0 Å². The third-order valence-electron chi connectivity index (χ3n) is 3.75. The summed E-state index contributed by atoms with van der Waals surface area (Å²) in [6.07, 6.45) is 3.21. The van der Waals surface area contributed by atoms with E-state index >= 15 is 0 Å². The quantitative estimate of drug-likeness (QED) is 0.918. The van der Waals surface area contributed by atoms with E-state index in [1.165, 1.54) is 5.56 Å². The largest absolute Gasteiger partial charge is 0.339 e. The molecule has 0 spiro atoms. The van der Waals surface area contributed by atoms with Crippen molar-refractivity contribution in [2.45, 2.75) is 32.1 Å². The molecule has 1 N–H and O–H groups in total. The van der Waals surface area contributed by atoms with Gasteiger partial charge in [0.15, 0.2) is 0 Å². The summed E-state index contributed by atoms with van der Waals surface area (Å²) in [5, 5.41) is 7.46. The van der Waals surface area contributed by atoms with Gasteiger partial charge in [0.25, 0.3) is 0 Å². The Morgan fingerprint density at radius 3 is 2.63 bits per heavy atom. The van der Waals surface area contributed by atoms with Crippen LogP contribution in [0.15, 0.2) is 28.8 Å². The lowest BCUT2D eigenvalue weighted by molar-refractivity contribution is 0.320. The van der Waals surface area contributed by atoms with E-state index in [2.05, 4.69) is 46.6 Å². The van der Waals surface area contributed by atoms with Gasteiger partial charge in [0.05, 0.1) is 0 Å². The van der Waals surface area contributed by atoms with Crippen LogP contribution in [-0.2, 0) is 6.42 Å². The third kappa shape index (κ3) is 2.68. The molecule has 4 nitrogen and oxygen atoms in total. The average Bonchev–Trinajstić information content (AvgIpc) is 2.98. The number of hydrogen-bond acceptors (Lipinski definition) is 4. The molecule has 0 amide bonds. The summed E-state index contributed by atoms with van der Waals surface area (Å²) < 4.78 is 5.43. The van der Waals surface area contributed by atoms with E-state index in [9.17, 15) is 0 Å². The van der Waals surface area contributed by atoms with E-state index < -0.39 is 0 Å². The van der Waals surface area contributed by atoms with Gasteiger partial charge in [-0.2, -0.15) is 4.98 Å². The van der Waals surface area contributed by atoms with Crippen molar-refractivity contribution in [3.05, 3.63) is 35.7 Å². The van der Waals surface area contributed by atoms with Gasteiger partial charge < -0.3 is 9.84 Å². The fraction of sp³-hybridized carbons (Fsp3) is 0.467. The minimum Gasteiger partial charge on any atom is -0.339 e. The summed E-state index contributed by atoms with van der Waals surface area (Å²) in [7, 11) is 0. The molecule has 2 heterocycles. The second-order valence-electron chi connectivity index (χ2n) is 5.03. The van der Waals surface area contributed by atoms with Crippen LogP contribution in [0, 0.1) is 0 Å². The molecule has 0 bridgehead atoms. The van der Waals surface area contributed by atoms with Gasteiger partial charge >= 0.3 is 0 Å². The maximum atomic E-state index is 5.43. The molecule has 100 valence electrons. The van der Waals surface area contributed by atoms with Crippen LogP contribution in [0.1, 0.15) is 37.1 Å². The zero-order chi connectivity index (χ0) is 13.1. The monoisotopic (exact) mass is 257 g/mol. The molecule has 3 rings (SSSR count). The van der Waals surface area contributed by atoms with E-state index in [0.717, 1.165) is 43.8 Å². The number of aromatic nitrogens is 2. The molecule has 1 aromatic carbocycles. The predicted octanol–water partition coefficient (Wildman–Crippen LogP) is 2.77. The van der Waals surface area contributed by atoms with Gasteiger partial charge in [-0.15, -0.1) is 0 Å². The first-order valence-corrected chi connectivity index (χ1v) is 7.00. The van der Waals surface area contributed by atoms with Gasteiger partial charge in [-0.1, -0.05) is 36.3 Å². The molecule has 0 saturated carbocycles. The van der Waals surface area contributed by atoms with E-state index in [-0.39, 0.29) is 0 Å². The van der Waals surface area contributed by atoms with Crippen molar-refractivity contribution >= 4 is 0 Å². The lowest BCUT2D eigenvalue weighted by atomic mass is 9.98. The normalized spacial score (nSPS) is 16.7. The summed E-state index contributed by atoms with van der Waals surface area (Å²) >= 11 is 0. The Morgan fingerprint density at radius 2 is 1.95 bits per heavy atom. The lowest BCUT2D eigenvalue weighted by Gasteiger charge is -2.18. The van der Waals surface area contributed by atoms with Crippen LogP contribution < -0.4 is 5.32 Å². The first-order chi connectivity index (χ1) is 9.36. The number of piperidine rings is 1. The SMILES string of the molecule is CCc1ccc(-c2noc(C3CCNCC3)n2)cc1. The van der Waals surface area contributed by atoms with Crippen molar-refractivity contribution < 1.29 is 4.52 Å². The molecule has 1 saturated heterocycles. The second-order valence-corrected chi connectivity index (χ2v) is 5.03. The molecule has 0 atom stereocenters. The third-order valence-corrected chi connectivity index (χ3v) is 3.75. The van der Waals surface area contributed by atoms with Gasteiger partial charge in [-0.3, -0.25) is 0 Å². The molecule has 0 aliphatic carbocycles. The molecule has 19 heavy (non-hydrogen) atoms. The van der Waals surface area contributed by atoms with Crippen LogP contribution in [0.3, 0.4) is 0 Å². The van der Waals surface area contributed by atoms with Crippen LogP contribution in [0.2, 0.25) is 0 Å². The number of rotatable bonds is 3. The summed E-state index contributed by atoms with van der Waals surface area (Å²) in [5.41, 5.74) is 2.35. The Balaban J connectivity index is 1.79. The predicted molar refractivity (Wildman–Crippen MR) is 74.0 cm³/mol. The molecule has 1 aliphatic heterocycles. The van der Waals surface area contributed by atoms with E-state index in [1.807, 2.05) is 0 Å². The van der Waals surface area contributed by atoms with Crippen molar-refractivity contribution in [3.63, 3.8) is 0 Å². The van der Waals surface area contributed by atoms with Gasteiger partial charge in [-0.05, 0) is 37.9 Å². The zero-order valence-electron chi connectivity index (χ0n) is 11.2. The lowest BCUT2D eigenvalue weighted by Crippen LogP contribution is -2.26. The second kappa shape index (κ2) is 5.53. The van der Waals surface area contributed by atoms with Crippen LogP contribution >= 0.6 is 0 Å². The Morgan fingerprint density at radius 1 is 1.21 bits per heavy atom. The first kappa shape index (κ1) is 12.4. The molecule has 2 aromatic rings. The van der Waals surface area contributed by atoms with Crippen molar-refractivity contribution in [3.8, 4) is 11.4 Å². The van der Waals surface area contributed by atoms with Crippen molar-refractivity contribution in [1.82, 2.24) is 15.5 Å². The van der Waals surface area contributed by atoms with Crippen LogP contribution in [0.4, 0.5) is 0 Å². The summed E-state index contributed by atoms with van der Waals surface area (Å²) in [4.78, 5) is 4.55. The molecule has 1 aromatic heterocycles. The minimum atomic E-state index is 0.414. The first-order valence-electron chi connectivity index (χ1n) is 7.00. The minimum absolute atomic E-state index is 0.414. The summed E-state index contributed by atoms with van der Waals surface area (Å²) in [6, 6.07) is 8.37. The molecule has 4 heteroatoms. The highest BCUT2D eigenvalue weighted by atomic mass is 16.5. The zero-order valence-corrected chi connectivity index (χ0v) is 11.2. The van der Waals surface area contributed by atoms with Crippen molar-refractivity contribution in [1.29, 1.82) is 0 Å². The Bertz CT molecular complexity index is 527. The molecule has 0 unspecified atom stereocenters. The van der Waals surface area contributed by atoms with Gasteiger partial charge in [0, 0.05) is 11.5 Å². The molecular weight excluding hydrogens is 238 g/mol.